The normalized spacial score (nSPS) is 15.9. The lowest BCUT2D eigenvalue weighted by Crippen LogP contribution is -2.31. The standard InChI is InChI=1S/C8H11N3O/c1-6(2)11-5-10-4-3-9-7(10)8(11)12/h3-4,6H,5H2,1-2H3. The Bertz CT molecular complexity index is 316. The molecule has 4 heteroatoms. The van der Waals surface area contributed by atoms with Gasteiger partial charge in [0.1, 0.15) is 0 Å². The fourth-order valence-electron chi connectivity index (χ4n) is 1.38. The summed E-state index contributed by atoms with van der Waals surface area (Å²) in [6.07, 6.45) is 3.49. The second-order valence-electron chi connectivity index (χ2n) is 3.23. The summed E-state index contributed by atoms with van der Waals surface area (Å²) >= 11 is 0. The summed E-state index contributed by atoms with van der Waals surface area (Å²) in [5, 5.41) is 0. The summed E-state index contributed by atoms with van der Waals surface area (Å²) in [5.41, 5.74) is 0. The van der Waals surface area contributed by atoms with Gasteiger partial charge in [0.2, 0.25) is 5.82 Å². The van der Waals surface area contributed by atoms with Crippen LogP contribution in [-0.2, 0) is 6.67 Å². The molecule has 1 aliphatic rings. The Kier molecular flexibility index (Phi) is 1.43. The third-order valence-electron chi connectivity index (χ3n) is 2.10. The smallest absolute Gasteiger partial charge is 0.291 e. The summed E-state index contributed by atoms with van der Waals surface area (Å²) in [5.74, 6) is 0.596. The molecule has 2 rings (SSSR count). The molecule has 0 bridgehead atoms. The second kappa shape index (κ2) is 2.33. The lowest BCUT2D eigenvalue weighted by Gasteiger charge is -2.18. The molecule has 4 nitrogen and oxygen atoms in total. The topological polar surface area (TPSA) is 38.1 Å². The molecule has 0 aromatic carbocycles. The van der Waals surface area contributed by atoms with Gasteiger partial charge in [0.25, 0.3) is 5.91 Å². The van der Waals surface area contributed by atoms with E-state index in [-0.39, 0.29) is 11.9 Å². The molecule has 1 aliphatic heterocycles. The van der Waals surface area contributed by atoms with E-state index >= 15 is 0 Å². The summed E-state index contributed by atoms with van der Waals surface area (Å²) in [4.78, 5) is 17.3. The number of hydrogen-bond donors (Lipinski definition) is 0. The SMILES string of the molecule is CC(C)N1Cn2ccnc2C1=O. The zero-order valence-electron chi connectivity index (χ0n) is 7.19. The third kappa shape index (κ3) is 0.841. The highest BCUT2D eigenvalue weighted by Gasteiger charge is 2.29. The van der Waals surface area contributed by atoms with Crippen molar-refractivity contribution in [2.75, 3.05) is 0 Å². The van der Waals surface area contributed by atoms with Gasteiger partial charge in [0.15, 0.2) is 0 Å². The van der Waals surface area contributed by atoms with Crippen molar-refractivity contribution in [3.05, 3.63) is 18.2 Å². The van der Waals surface area contributed by atoms with Crippen LogP contribution in [0.3, 0.4) is 0 Å². The van der Waals surface area contributed by atoms with Crippen LogP contribution in [0.25, 0.3) is 0 Å². The molecular weight excluding hydrogens is 154 g/mol. The number of aromatic nitrogens is 2. The first-order valence-corrected chi connectivity index (χ1v) is 4.02. The molecule has 0 N–H and O–H groups in total. The average Bonchev–Trinajstić information content (AvgIpc) is 2.53. The van der Waals surface area contributed by atoms with E-state index in [0.717, 1.165) is 0 Å². The molecule has 1 amide bonds. The summed E-state index contributed by atoms with van der Waals surface area (Å²) in [7, 11) is 0. The molecule has 1 aromatic rings. The first-order chi connectivity index (χ1) is 5.70. The van der Waals surface area contributed by atoms with Gasteiger partial charge in [0, 0.05) is 18.4 Å². The Hall–Kier alpha value is -1.32. The van der Waals surface area contributed by atoms with E-state index in [2.05, 4.69) is 4.98 Å². The molecule has 0 saturated heterocycles. The van der Waals surface area contributed by atoms with Gasteiger partial charge in [0.05, 0.1) is 6.67 Å². The van der Waals surface area contributed by atoms with E-state index in [1.54, 1.807) is 11.1 Å². The van der Waals surface area contributed by atoms with Gasteiger partial charge in [-0.1, -0.05) is 0 Å². The quantitative estimate of drug-likeness (QED) is 0.614. The van der Waals surface area contributed by atoms with Crippen LogP contribution in [0.15, 0.2) is 12.4 Å². The van der Waals surface area contributed by atoms with Gasteiger partial charge >= 0.3 is 0 Å². The molecule has 0 aliphatic carbocycles. The van der Waals surface area contributed by atoms with Gasteiger partial charge in [-0.15, -0.1) is 0 Å². The fraction of sp³-hybridized carbons (Fsp3) is 0.500. The van der Waals surface area contributed by atoms with E-state index in [9.17, 15) is 4.79 Å². The Morgan fingerprint density at radius 3 is 2.92 bits per heavy atom. The number of fused-ring (bicyclic) bond motifs is 1. The van der Waals surface area contributed by atoms with Gasteiger partial charge in [-0.2, -0.15) is 0 Å². The van der Waals surface area contributed by atoms with Crippen molar-refractivity contribution in [3.63, 3.8) is 0 Å². The predicted octanol–water partition coefficient (Wildman–Crippen LogP) is 0.705. The molecule has 12 heavy (non-hydrogen) atoms. The number of amides is 1. The molecular formula is C8H11N3O. The lowest BCUT2D eigenvalue weighted by atomic mass is 10.3. The van der Waals surface area contributed by atoms with Gasteiger partial charge in [-0.25, -0.2) is 4.98 Å². The van der Waals surface area contributed by atoms with E-state index in [1.165, 1.54) is 0 Å². The van der Waals surface area contributed by atoms with Crippen LogP contribution >= 0.6 is 0 Å². The minimum Gasteiger partial charge on any atom is -0.315 e. The molecule has 1 aromatic heterocycles. The van der Waals surface area contributed by atoms with Gasteiger partial charge in [-0.05, 0) is 13.8 Å². The number of imidazole rings is 1. The summed E-state index contributed by atoms with van der Waals surface area (Å²) < 4.78 is 1.86. The number of carbonyl (C=O) groups excluding carboxylic acids is 1. The first-order valence-electron chi connectivity index (χ1n) is 4.02. The Morgan fingerprint density at radius 2 is 2.33 bits per heavy atom. The predicted molar refractivity (Wildman–Crippen MR) is 43.5 cm³/mol. The van der Waals surface area contributed by atoms with Crippen LogP contribution in [0.1, 0.15) is 24.5 Å². The van der Waals surface area contributed by atoms with Crippen molar-refractivity contribution < 1.29 is 4.79 Å². The molecule has 0 atom stereocenters. The van der Waals surface area contributed by atoms with E-state index in [4.69, 9.17) is 0 Å². The third-order valence-corrected chi connectivity index (χ3v) is 2.10. The highest BCUT2D eigenvalue weighted by atomic mass is 16.2. The van der Waals surface area contributed by atoms with E-state index in [0.29, 0.717) is 12.5 Å². The van der Waals surface area contributed by atoms with Crippen molar-refractivity contribution in [1.82, 2.24) is 14.5 Å². The molecule has 0 saturated carbocycles. The van der Waals surface area contributed by atoms with Crippen LogP contribution in [0.4, 0.5) is 0 Å². The van der Waals surface area contributed by atoms with Crippen LogP contribution in [0.2, 0.25) is 0 Å². The van der Waals surface area contributed by atoms with Crippen LogP contribution in [-0.4, -0.2) is 26.4 Å². The van der Waals surface area contributed by atoms with Crippen molar-refractivity contribution in [2.24, 2.45) is 0 Å². The highest BCUT2D eigenvalue weighted by molar-refractivity contribution is 5.92. The average molecular weight is 165 g/mol. The van der Waals surface area contributed by atoms with Gasteiger partial charge < -0.3 is 9.47 Å². The summed E-state index contributed by atoms with van der Waals surface area (Å²) in [6, 6.07) is 0.249. The number of carbonyl (C=O) groups is 1. The molecule has 2 heterocycles. The minimum atomic E-state index is 0.0370. The Morgan fingerprint density at radius 1 is 1.58 bits per heavy atom. The van der Waals surface area contributed by atoms with Gasteiger partial charge in [-0.3, -0.25) is 4.79 Å². The highest BCUT2D eigenvalue weighted by Crippen LogP contribution is 2.15. The number of hydrogen-bond acceptors (Lipinski definition) is 2. The summed E-state index contributed by atoms with van der Waals surface area (Å²) in [6.45, 7) is 4.65. The van der Waals surface area contributed by atoms with Crippen molar-refractivity contribution in [2.45, 2.75) is 26.6 Å². The largest absolute Gasteiger partial charge is 0.315 e. The maximum atomic E-state index is 11.5. The van der Waals surface area contributed by atoms with Crippen molar-refractivity contribution >= 4 is 5.91 Å². The molecule has 0 fully saturated rings. The monoisotopic (exact) mass is 165 g/mol. The fourth-order valence-corrected chi connectivity index (χ4v) is 1.38. The van der Waals surface area contributed by atoms with Crippen LogP contribution < -0.4 is 0 Å². The number of nitrogens with zero attached hydrogens (tertiary/aromatic N) is 3. The van der Waals surface area contributed by atoms with Crippen molar-refractivity contribution in [1.29, 1.82) is 0 Å². The minimum absolute atomic E-state index is 0.0370. The second-order valence-corrected chi connectivity index (χ2v) is 3.23. The molecule has 0 spiro atoms. The lowest BCUT2D eigenvalue weighted by molar-refractivity contribution is 0.0713. The van der Waals surface area contributed by atoms with Crippen molar-refractivity contribution in [3.8, 4) is 0 Å². The molecule has 0 radical (unpaired) electrons. The Labute approximate surface area is 70.8 Å². The number of rotatable bonds is 1. The maximum absolute atomic E-state index is 11.5. The first kappa shape index (κ1) is 7.34. The maximum Gasteiger partial charge on any atom is 0.291 e. The Balaban J connectivity index is 2.33. The van der Waals surface area contributed by atoms with E-state index < -0.39 is 0 Å². The molecule has 64 valence electrons. The van der Waals surface area contributed by atoms with E-state index in [1.807, 2.05) is 24.6 Å². The van der Waals surface area contributed by atoms with Crippen LogP contribution in [0.5, 0.6) is 0 Å². The molecule has 0 unspecified atom stereocenters. The van der Waals surface area contributed by atoms with Crippen LogP contribution in [0, 0.1) is 0 Å². The zero-order valence-corrected chi connectivity index (χ0v) is 7.19. The zero-order chi connectivity index (χ0) is 8.72.